The number of nitrogens with two attached hydrogens (primary N) is 1. The highest BCUT2D eigenvalue weighted by Crippen LogP contribution is 2.23. The first-order chi connectivity index (χ1) is 6.77. The molecule has 0 saturated heterocycles. The molecule has 1 aliphatic carbocycles. The summed E-state index contributed by atoms with van der Waals surface area (Å²) < 4.78 is 0. The average molecular weight is 196 g/mol. The second-order valence-electron chi connectivity index (χ2n) is 3.70. The first kappa shape index (κ1) is 11.2. The number of hydrazine groups is 1. The van der Waals surface area contributed by atoms with Crippen molar-refractivity contribution >= 4 is 5.84 Å². The molecule has 0 aromatic heterocycles. The molecule has 1 aliphatic rings. The van der Waals surface area contributed by atoms with Gasteiger partial charge in [-0.1, -0.05) is 13.0 Å². The number of aliphatic imine (C=N–C) groups is 1. The maximum absolute atomic E-state index is 5.93. The zero-order chi connectivity index (χ0) is 10.4. The van der Waals surface area contributed by atoms with Gasteiger partial charge in [0.2, 0.25) is 0 Å². The van der Waals surface area contributed by atoms with Crippen molar-refractivity contribution in [2.75, 3.05) is 7.05 Å². The highest BCUT2D eigenvalue weighted by atomic mass is 15.4. The average Bonchev–Trinajstić information content (AvgIpc) is 2.17. The van der Waals surface area contributed by atoms with Crippen LogP contribution in [0.25, 0.3) is 0 Å². The molecule has 4 N–H and O–H groups in total. The van der Waals surface area contributed by atoms with Gasteiger partial charge >= 0.3 is 0 Å². The summed E-state index contributed by atoms with van der Waals surface area (Å²) in [6, 6.07) is 0.322. The molecule has 1 fully saturated rings. The molecule has 0 unspecified atom stereocenters. The highest BCUT2D eigenvalue weighted by Gasteiger charge is 2.23. The zero-order valence-electron chi connectivity index (χ0n) is 8.79. The van der Waals surface area contributed by atoms with Crippen molar-refractivity contribution in [1.82, 2.24) is 10.9 Å². The summed E-state index contributed by atoms with van der Waals surface area (Å²) in [5.41, 5.74) is 11.9. The van der Waals surface area contributed by atoms with Crippen LogP contribution in [0.15, 0.2) is 17.8 Å². The molecule has 0 spiro atoms. The van der Waals surface area contributed by atoms with Crippen LogP contribution < -0.4 is 16.6 Å². The Hall–Kier alpha value is -0.870. The summed E-state index contributed by atoms with van der Waals surface area (Å²) in [4.78, 5) is 4.22. The van der Waals surface area contributed by atoms with E-state index in [1.165, 1.54) is 6.42 Å². The Bertz CT molecular complexity index is 212. The maximum atomic E-state index is 5.93. The SMILES string of the molecule is C=CN=C(NNC)[C@H]1CCC[C@@H](N)C1. The predicted molar refractivity (Wildman–Crippen MR) is 59.8 cm³/mol. The van der Waals surface area contributed by atoms with Gasteiger partial charge in [0.15, 0.2) is 0 Å². The first-order valence-electron chi connectivity index (χ1n) is 5.15. The molecule has 0 radical (unpaired) electrons. The van der Waals surface area contributed by atoms with E-state index in [-0.39, 0.29) is 0 Å². The molecule has 0 aliphatic heterocycles. The summed E-state index contributed by atoms with van der Waals surface area (Å²) in [6.45, 7) is 3.61. The molecule has 2 atom stereocenters. The van der Waals surface area contributed by atoms with Crippen molar-refractivity contribution in [3.05, 3.63) is 12.8 Å². The minimum Gasteiger partial charge on any atom is -0.328 e. The monoisotopic (exact) mass is 196 g/mol. The van der Waals surface area contributed by atoms with Crippen LogP contribution in [0.5, 0.6) is 0 Å². The molecule has 80 valence electrons. The van der Waals surface area contributed by atoms with Crippen LogP contribution in [-0.4, -0.2) is 18.9 Å². The molecule has 0 aromatic carbocycles. The van der Waals surface area contributed by atoms with Crippen LogP contribution >= 0.6 is 0 Å². The Labute approximate surface area is 85.6 Å². The van der Waals surface area contributed by atoms with Crippen LogP contribution in [0.2, 0.25) is 0 Å². The van der Waals surface area contributed by atoms with E-state index >= 15 is 0 Å². The molecule has 14 heavy (non-hydrogen) atoms. The van der Waals surface area contributed by atoms with E-state index in [0.29, 0.717) is 12.0 Å². The van der Waals surface area contributed by atoms with E-state index in [4.69, 9.17) is 5.73 Å². The van der Waals surface area contributed by atoms with E-state index in [1.54, 1.807) is 6.20 Å². The third-order valence-corrected chi connectivity index (χ3v) is 2.58. The quantitative estimate of drug-likeness (QED) is 0.355. The fraction of sp³-hybridized carbons (Fsp3) is 0.700. The van der Waals surface area contributed by atoms with Gasteiger partial charge in [0, 0.05) is 25.2 Å². The molecular weight excluding hydrogens is 176 g/mol. The van der Waals surface area contributed by atoms with Crippen molar-refractivity contribution in [2.45, 2.75) is 31.7 Å². The number of nitrogens with one attached hydrogen (secondary N) is 2. The lowest BCUT2D eigenvalue weighted by atomic mass is 9.85. The summed E-state index contributed by atoms with van der Waals surface area (Å²) in [6.07, 6.45) is 6.07. The van der Waals surface area contributed by atoms with Gasteiger partial charge in [-0.2, -0.15) is 0 Å². The Morgan fingerprint density at radius 2 is 2.36 bits per heavy atom. The predicted octanol–water partition coefficient (Wildman–Crippen LogP) is 0.770. The van der Waals surface area contributed by atoms with Gasteiger partial charge in [-0.3, -0.25) is 0 Å². The summed E-state index contributed by atoms with van der Waals surface area (Å²) in [5.74, 6) is 1.40. The van der Waals surface area contributed by atoms with Gasteiger partial charge in [-0.15, -0.1) is 0 Å². The lowest BCUT2D eigenvalue weighted by Gasteiger charge is -2.27. The number of rotatable bonds is 3. The largest absolute Gasteiger partial charge is 0.328 e. The van der Waals surface area contributed by atoms with Crippen LogP contribution in [-0.2, 0) is 0 Å². The van der Waals surface area contributed by atoms with E-state index in [9.17, 15) is 0 Å². The number of amidine groups is 1. The van der Waals surface area contributed by atoms with Gasteiger partial charge in [0.05, 0.1) is 0 Å². The third-order valence-electron chi connectivity index (χ3n) is 2.58. The molecule has 1 saturated carbocycles. The van der Waals surface area contributed by atoms with Gasteiger partial charge in [0.1, 0.15) is 5.84 Å². The molecule has 4 nitrogen and oxygen atoms in total. The Morgan fingerprint density at radius 1 is 1.57 bits per heavy atom. The number of nitrogens with zero attached hydrogens (tertiary/aromatic N) is 1. The Morgan fingerprint density at radius 3 is 2.93 bits per heavy atom. The summed E-state index contributed by atoms with van der Waals surface area (Å²) in [5, 5.41) is 0. The first-order valence-corrected chi connectivity index (χ1v) is 5.15. The van der Waals surface area contributed by atoms with Gasteiger partial charge < -0.3 is 11.2 Å². The summed E-state index contributed by atoms with van der Waals surface area (Å²) >= 11 is 0. The number of hydrogen-bond donors (Lipinski definition) is 3. The van der Waals surface area contributed by atoms with Crippen LogP contribution in [0.4, 0.5) is 0 Å². The summed E-state index contributed by atoms with van der Waals surface area (Å²) in [7, 11) is 1.83. The minimum atomic E-state index is 0.322. The Kier molecular flexibility index (Phi) is 4.62. The lowest BCUT2D eigenvalue weighted by Crippen LogP contribution is -2.42. The number of hydrogen-bond acceptors (Lipinski definition) is 3. The fourth-order valence-corrected chi connectivity index (χ4v) is 1.94. The lowest BCUT2D eigenvalue weighted by molar-refractivity contribution is 0.381. The van der Waals surface area contributed by atoms with Crippen molar-refractivity contribution in [2.24, 2.45) is 16.6 Å². The van der Waals surface area contributed by atoms with Crippen molar-refractivity contribution < 1.29 is 0 Å². The van der Waals surface area contributed by atoms with E-state index in [0.717, 1.165) is 25.1 Å². The Balaban J connectivity index is 2.57. The normalized spacial score (nSPS) is 28.6. The van der Waals surface area contributed by atoms with Crippen molar-refractivity contribution in [1.29, 1.82) is 0 Å². The molecule has 0 bridgehead atoms. The molecule has 0 heterocycles. The van der Waals surface area contributed by atoms with Gasteiger partial charge in [0.25, 0.3) is 0 Å². The molecule has 4 heteroatoms. The van der Waals surface area contributed by atoms with Crippen molar-refractivity contribution in [3.8, 4) is 0 Å². The van der Waals surface area contributed by atoms with E-state index in [1.807, 2.05) is 7.05 Å². The van der Waals surface area contributed by atoms with Crippen LogP contribution in [0.3, 0.4) is 0 Å². The molecule has 0 amide bonds. The van der Waals surface area contributed by atoms with Gasteiger partial charge in [-0.25, -0.2) is 10.4 Å². The zero-order valence-corrected chi connectivity index (χ0v) is 8.79. The van der Waals surface area contributed by atoms with Crippen LogP contribution in [0.1, 0.15) is 25.7 Å². The molecular formula is C10H20N4. The smallest absolute Gasteiger partial charge is 0.119 e. The third kappa shape index (κ3) is 3.12. The second kappa shape index (κ2) is 5.78. The van der Waals surface area contributed by atoms with E-state index < -0.39 is 0 Å². The molecule has 0 aromatic rings. The topological polar surface area (TPSA) is 62.4 Å². The fourth-order valence-electron chi connectivity index (χ4n) is 1.94. The maximum Gasteiger partial charge on any atom is 0.119 e. The standard InChI is InChI=1S/C10H20N4/c1-3-13-10(14-12-2)8-5-4-6-9(11)7-8/h3,8-9,12H,1,4-7,11H2,2H3,(H,13,14)/t8-,9+/m0/s1. The molecule has 1 rings (SSSR count). The second-order valence-corrected chi connectivity index (χ2v) is 3.70. The minimum absolute atomic E-state index is 0.322. The van der Waals surface area contributed by atoms with Crippen LogP contribution in [0, 0.1) is 5.92 Å². The highest BCUT2D eigenvalue weighted by molar-refractivity contribution is 5.84. The van der Waals surface area contributed by atoms with Gasteiger partial charge in [-0.05, 0) is 19.3 Å². The van der Waals surface area contributed by atoms with Crippen molar-refractivity contribution in [3.63, 3.8) is 0 Å². The van der Waals surface area contributed by atoms with E-state index in [2.05, 4.69) is 22.4 Å².